The van der Waals surface area contributed by atoms with Crippen molar-refractivity contribution in [1.29, 1.82) is 0 Å². The van der Waals surface area contributed by atoms with E-state index >= 15 is 0 Å². The molecule has 0 saturated heterocycles. The Morgan fingerprint density at radius 2 is 2.00 bits per heavy atom. The van der Waals surface area contributed by atoms with Gasteiger partial charge in [-0.15, -0.1) is 0 Å². The van der Waals surface area contributed by atoms with Gasteiger partial charge in [-0.2, -0.15) is 0 Å². The van der Waals surface area contributed by atoms with Crippen molar-refractivity contribution in [1.82, 2.24) is 0 Å². The molecule has 2 unspecified atom stereocenters. The van der Waals surface area contributed by atoms with Crippen LogP contribution in [0.1, 0.15) is 40.0 Å². The van der Waals surface area contributed by atoms with Gasteiger partial charge in [0.05, 0.1) is 0 Å². The van der Waals surface area contributed by atoms with E-state index in [0.717, 1.165) is 12.8 Å². The second-order valence-corrected chi connectivity index (χ2v) is 5.22. The minimum atomic E-state index is 0.308. The van der Waals surface area contributed by atoms with E-state index in [9.17, 15) is 4.79 Å². The van der Waals surface area contributed by atoms with E-state index in [1.54, 1.807) is 0 Å². The second kappa shape index (κ2) is 1.70. The van der Waals surface area contributed by atoms with Crippen molar-refractivity contribution in [2.75, 3.05) is 0 Å². The molecule has 1 heteroatoms. The maximum atomic E-state index is 11.5. The highest BCUT2D eigenvalue weighted by molar-refractivity contribution is 5.86. The summed E-state index contributed by atoms with van der Waals surface area (Å²) in [5.41, 5.74) is 0.697. The molecule has 2 saturated carbocycles. The maximum absolute atomic E-state index is 11.5. The smallest absolute Gasteiger partial charge is 0.137 e. The number of fused-ring (bicyclic) bond motifs is 1. The molecule has 0 heterocycles. The van der Waals surface area contributed by atoms with Crippen LogP contribution in [0.5, 0.6) is 0 Å². The summed E-state index contributed by atoms with van der Waals surface area (Å²) in [7, 11) is 0. The first-order valence-corrected chi connectivity index (χ1v) is 4.48. The molecule has 0 amide bonds. The highest BCUT2D eigenvalue weighted by atomic mass is 16.1. The fourth-order valence-corrected chi connectivity index (χ4v) is 3.67. The Morgan fingerprint density at radius 1 is 1.36 bits per heavy atom. The summed E-state index contributed by atoms with van der Waals surface area (Å²) in [4.78, 5) is 11.5. The van der Waals surface area contributed by atoms with E-state index in [2.05, 4.69) is 20.8 Å². The topological polar surface area (TPSA) is 17.1 Å². The molecule has 2 rings (SSSR count). The predicted molar refractivity (Wildman–Crippen MR) is 44.2 cm³/mol. The molecule has 2 fully saturated rings. The van der Waals surface area contributed by atoms with Crippen LogP contribution >= 0.6 is 0 Å². The van der Waals surface area contributed by atoms with Crippen molar-refractivity contribution in [3.8, 4) is 0 Å². The third kappa shape index (κ3) is 0.743. The van der Waals surface area contributed by atoms with Crippen LogP contribution in [0.15, 0.2) is 0 Å². The Labute approximate surface area is 68.2 Å². The summed E-state index contributed by atoms with van der Waals surface area (Å²) in [5, 5.41) is 0. The minimum absolute atomic E-state index is 0.308. The van der Waals surface area contributed by atoms with Gasteiger partial charge >= 0.3 is 0 Å². The molecule has 0 aliphatic heterocycles. The molecule has 1 nitrogen and oxygen atoms in total. The summed E-state index contributed by atoms with van der Waals surface area (Å²) < 4.78 is 0. The molecule has 0 aromatic heterocycles. The van der Waals surface area contributed by atoms with Gasteiger partial charge in [0.15, 0.2) is 0 Å². The van der Waals surface area contributed by atoms with Crippen molar-refractivity contribution < 1.29 is 4.79 Å². The second-order valence-electron chi connectivity index (χ2n) is 5.22. The van der Waals surface area contributed by atoms with Gasteiger partial charge in [-0.05, 0) is 23.7 Å². The van der Waals surface area contributed by atoms with Crippen LogP contribution in [-0.4, -0.2) is 5.78 Å². The quantitative estimate of drug-likeness (QED) is 0.521. The predicted octanol–water partition coefficient (Wildman–Crippen LogP) is 2.40. The van der Waals surface area contributed by atoms with Gasteiger partial charge in [0, 0.05) is 12.3 Å². The van der Waals surface area contributed by atoms with E-state index in [-0.39, 0.29) is 0 Å². The van der Waals surface area contributed by atoms with Crippen LogP contribution in [0, 0.1) is 16.7 Å². The number of Topliss-reactive ketones (excluding diaryl/α,β-unsaturated/α-hetero) is 1. The summed E-state index contributed by atoms with van der Waals surface area (Å²) in [6.45, 7) is 6.72. The van der Waals surface area contributed by atoms with Crippen LogP contribution in [0.2, 0.25) is 0 Å². The molecule has 0 bridgehead atoms. The van der Waals surface area contributed by atoms with Crippen LogP contribution in [-0.2, 0) is 4.79 Å². The van der Waals surface area contributed by atoms with Gasteiger partial charge in [-0.25, -0.2) is 0 Å². The maximum Gasteiger partial charge on any atom is 0.137 e. The van der Waals surface area contributed by atoms with E-state index in [1.807, 2.05) is 0 Å². The highest BCUT2D eigenvalue weighted by Gasteiger charge is 2.61. The Kier molecular flexibility index (Phi) is 1.13. The number of hydrogen-bond acceptors (Lipinski definition) is 1. The van der Waals surface area contributed by atoms with Crippen LogP contribution in [0.4, 0.5) is 0 Å². The zero-order valence-corrected chi connectivity index (χ0v) is 7.61. The summed E-state index contributed by atoms with van der Waals surface area (Å²) in [5.74, 6) is 0.902. The fraction of sp³-hybridized carbons (Fsp3) is 0.900. The third-order valence-corrected chi connectivity index (χ3v) is 3.60. The van der Waals surface area contributed by atoms with Gasteiger partial charge in [-0.1, -0.05) is 20.8 Å². The Hall–Kier alpha value is -0.330. The number of carbonyl (C=O) groups is 1. The monoisotopic (exact) mass is 152 g/mol. The highest BCUT2D eigenvalue weighted by Crippen LogP contribution is 2.65. The lowest BCUT2D eigenvalue weighted by Crippen LogP contribution is -2.51. The molecule has 0 N–H and O–H groups in total. The number of ketones is 1. The Morgan fingerprint density at radius 3 is 2.36 bits per heavy atom. The lowest BCUT2D eigenvalue weighted by atomic mass is 9.49. The van der Waals surface area contributed by atoms with Gasteiger partial charge in [0.2, 0.25) is 0 Å². The van der Waals surface area contributed by atoms with E-state index in [1.165, 1.54) is 6.42 Å². The molecule has 0 spiro atoms. The molecular weight excluding hydrogens is 136 g/mol. The molecule has 11 heavy (non-hydrogen) atoms. The Bertz CT molecular complexity index is 217. The summed E-state index contributed by atoms with van der Waals surface area (Å²) in [6.07, 6.45) is 3.22. The van der Waals surface area contributed by atoms with Crippen LogP contribution < -0.4 is 0 Å². The fourth-order valence-electron chi connectivity index (χ4n) is 3.67. The van der Waals surface area contributed by atoms with Crippen molar-refractivity contribution in [3.05, 3.63) is 0 Å². The SMILES string of the molecule is CC1(C)CC2(C)CCC(=O)C12. The van der Waals surface area contributed by atoms with Crippen molar-refractivity contribution in [3.63, 3.8) is 0 Å². The number of rotatable bonds is 0. The normalized spacial score (nSPS) is 46.8. The van der Waals surface area contributed by atoms with Gasteiger partial charge in [0.25, 0.3) is 0 Å². The average Bonchev–Trinajstić information content (AvgIpc) is 2.02. The molecule has 0 aromatic rings. The molecule has 2 atom stereocenters. The lowest BCUT2D eigenvalue weighted by Gasteiger charge is -2.54. The lowest BCUT2D eigenvalue weighted by molar-refractivity contribution is -0.139. The van der Waals surface area contributed by atoms with Crippen molar-refractivity contribution in [2.24, 2.45) is 16.7 Å². The number of carbonyl (C=O) groups excluding carboxylic acids is 1. The number of hydrogen-bond donors (Lipinski definition) is 0. The first kappa shape index (κ1) is 7.33. The molecule has 2 aliphatic rings. The summed E-state index contributed by atoms with van der Waals surface area (Å²) >= 11 is 0. The van der Waals surface area contributed by atoms with Crippen LogP contribution in [0.25, 0.3) is 0 Å². The first-order chi connectivity index (χ1) is 4.96. The molecule has 0 aromatic carbocycles. The van der Waals surface area contributed by atoms with Gasteiger partial charge < -0.3 is 0 Å². The Balaban J connectivity index is 2.30. The molecule has 2 aliphatic carbocycles. The van der Waals surface area contributed by atoms with Gasteiger partial charge in [0.1, 0.15) is 5.78 Å². The summed E-state index contributed by atoms with van der Waals surface area (Å²) in [6, 6.07) is 0. The zero-order chi connectivity index (χ0) is 8.28. The first-order valence-electron chi connectivity index (χ1n) is 4.48. The zero-order valence-electron chi connectivity index (χ0n) is 7.61. The minimum Gasteiger partial charge on any atom is -0.299 e. The largest absolute Gasteiger partial charge is 0.299 e. The van der Waals surface area contributed by atoms with E-state index in [4.69, 9.17) is 0 Å². The van der Waals surface area contributed by atoms with Crippen molar-refractivity contribution >= 4 is 5.78 Å². The molecular formula is C10H16O. The average molecular weight is 152 g/mol. The van der Waals surface area contributed by atoms with Crippen molar-refractivity contribution in [2.45, 2.75) is 40.0 Å². The molecule has 62 valence electrons. The van der Waals surface area contributed by atoms with E-state index < -0.39 is 0 Å². The standard InChI is InChI=1S/C10H16O/c1-9(2)6-10(3)5-4-7(11)8(9)10/h8H,4-6H2,1-3H3. The van der Waals surface area contributed by atoms with Gasteiger partial charge in [-0.3, -0.25) is 4.79 Å². The molecule has 0 radical (unpaired) electrons. The van der Waals surface area contributed by atoms with Crippen LogP contribution in [0.3, 0.4) is 0 Å². The third-order valence-electron chi connectivity index (χ3n) is 3.60. The van der Waals surface area contributed by atoms with E-state index in [0.29, 0.717) is 22.5 Å².